The van der Waals surface area contributed by atoms with E-state index in [0.29, 0.717) is 12.0 Å². The highest BCUT2D eigenvalue weighted by Gasteiger charge is 2.13. The number of rotatable bonds is 3. The van der Waals surface area contributed by atoms with Gasteiger partial charge in [0.05, 0.1) is 0 Å². The van der Waals surface area contributed by atoms with E-state index >= 15 is 0 Å². The molecule has 0 bridgehead atoms. The average molecular weight is 261 g/mol. The van der Waals surface area contributed by atoms with Crippen LogP contribution in [0.5, 0.6) is 0 Å². The van der Waals surface area contributed by atoms with Gasteiger partial charge in [0.25, 0.3) is 0 Å². The van der Waals surface area contributed by atoms with Crippen molar-refractivity contribution in [3.63, 3.8) is 0 Å². The number of anilines is 1. The van der Waals surface area contributed by atoms with Gasteiger partial charge in [-0.1, -0.05) is 46.0 Å². The fourth-order valence-corrected chi connectivity index (χ4v) is 2.74. The van der Waals surface area contributed by atoms with E-state index < -0.39 is 0 Å². The van der Waals surface area contributed by atoms with Crippen molar-refractivity contribution in [2.75, 3.05) is 5.32 Å². The van der Waals surface area contributed by atoms with Crippen LogP contribution in [0.4, 0.5) is 5.95 Å². The fourth-order valence-electron chi connectivity index (χ4n) is 2.74. The zero-order chi connectivity index (χ0) is 13.7. The summed E-state index contributed by atoms with van der Waals surface area (Å²) >= 11 is 0. The summed E-state index contributed by atoms with van der Waals surface area (Å²) in [4.78, 5) is 9.20. The Morgan fingerprint density at radius 2 is 1.68 bits per heavy atom. The van der Waals surface area contributed by atoms with E-state index in [-0.39, 0.29) is 0 Å². The molecule has 3 nitrogen and oxygen atoms in total. The third-order valence-electron chi connectivity index (χ3n) is 3.90. The topological polar surface area (TPSA) is 37.8 Å². The Morgan fingerprint density at radius 1 is 1.05 bits per heavy atom. The zero-order valence-corrected chi connectivity index (χ0v) is 12.6. The van der Waals surface area contributed by atoms with Gasteiger partial charge < -0.3 is 5.32 Å². The number of nitrogens with one attached hydrogen (secondary N) is 1. The van der Waals surface area contributed by atoms with Crippen LogP contribution in [0.25, 0.3) is 0 Å². The van der Waals surface area contributed by atoms with Crippen LogP contribution in [-0.4, -0.2) is 16.0 Å². The van der Waals surface area contributed by atoms with Gasteiger partial charge in [0, 0.05) is 17.4 Å². The van der Waals surface area contributed by atoms with Gasteiger partial charge in [0.15, 0.2) is 0 Å². The molecule has 0 atom stereocenters. The highest BCUT2D eigenvalue weighted by atomic mass is 15.1. The van der Waals surface area contributed by atoms with Crippen molar-refractivity contribution in [3.05, 3.63) is 17.5 Å². The predicted octanol–water partition coefficient (Wildman–Crippen LogP) is 4.43. The molecule has 0 aliphatic heterocycles. The zero-order valence-electron chi connectivity index (χ0n) is 12.6. The quantitative estimate of drug-likeness (QED) is 0.874. The Kier molecular flexibility index (Phi) is 5.17. The number of aromatic nitrogens is 2. The molecule has 3 heteroatoms. The molecule has 0 amide bonds. The summed E-state index contributed by atoms with van der Waals surface area (Å²) in [5.74, 6) is 1.29. The highest BCUT2D eigenvalue weighted by molar-refractivity contribution is 5.30. The first-order valence-corrected chi connectivity index (χ1v) is 7.77. The number of hydrogen-bond donors (Lipinski definition) is 1. The molecule has 0 aromatic carbocycles. The largest absolute Gasteiger partial charge is 0.351 e. The molecule has 1 N–H and O–H groups in total. The molecule has 2 rings (SSSR count). The summed E-state index contributed by atoms with van der Waals surface area (Å²) in [5.41, 5.74) is 2.20. The molecule has 1 aliphatic carbocycles. The van der Waals surface area contributed by atoms with Crippen molar-refractivity contribution >= 4 is 5.95 Å². The Balaban J connectivity index is 2.04. The first-order chi connectivity index (χ1) is 9.15. The van der Waals surface area contributed by atoms with Crippen molar-refractivity contribution < 1.29 is 0 Å². The van der Waals surface area contributed by atoms with Gasteiger partial charge in [-0.15, -0.1) is 0 Å². The van der Waals surface area contributed by atoms with Crippen LogP contribution in [0.2, 0.25) is 0 Å². The maximum absolute atomic E-state index is 4.66. The fraction of sp³-hybridized carbons (Fsp3) is 0.750. The molecular weight excluding hydrogens is 234 g/mol. The Labute approximate surface area is 117 Å². The van der Waals surface area contributed by atoms with E-state index in [9.17, 15) is 0 Å². The van der Waals surface area contributed by atoms with E-state index in [1.807, 2.05) is 0 Å². The van der Waals surface area contributed by atoms with Gasteiger partial charge >= 0.3 is 0 Å². The second-order valence-corrected chi connectivity index (χ2v) is 6.10. The summed E-state index contributed by atoms with van der Waals surface area (Å²) in [6, 6.07) is 2.65. The normalized spacial score (nSPS) is 18.1. The molecule has 1 aliphatic rings. The first-order valence-electron chi connectivity index (χ1n) is 7.77. The molecule has 0 spiro atoms. The summed E-state index contributed by atoms with van der Waals surface area (Å²) < 4.78 is 0. The lowest BCUT2D eigenvalue weighted by molar-refractivity contribution is 0.469. The molecule has 19 heavy (non-hydrogen) atoms. The molecule has 1 aromatic rings. The first kappa shape index (κ1) is 14.3. The summed E-state index contributed by atoms with van der Waals surface area (Å²) in [5, 5.41) is 3.56. The van der Waals surface area contributed by atoms with Crippen molar-refractivity contribution in [1.82, 2.24) is 9.97 Å². The van der Waals surface area contributed by atoms with Crippen molar-refractivity contribution in [3.8, 4) is 0 Å². The van der Waals surface area contributed by atoms with Crippen molar-refractivity contribution in [2.24, 2.45) is 0 Å². The van der Waals surface area contributed by atoms with Crippen LogP contribution < -0.4 is 5.32 Å². The maximum Gasteiger partial charge on any atom is 0.223 e. The minimum atomic E-state index is 0.458. The van der Waals surface area contributed by atoms with Gasteiger partial charge in [-0.25, -0.2) is 9.97 Å². The smallest absolute Gasteiger partial charge is 0.223 e. The van der Waals surface area contributed by atoms with E-state index in [1.165, 1.54) is 44.9 Å². The molecule has 0 saturated heterocycles. The Morgan fingerprint density at radius 3 is 2.32 bits per heavy atom. The van der Waals surface area contributed by atoms with Crippen LogP contribution in [0, 0.1) is 6.92 Å². The lowest BCUT2D eigenvalue weighted by Gasteiger charge is -2.21. The second-order valence-electron chi connectivity index (χ2n) is 6.10. The lowest BCUT2D eigenvalue weighted by Crippen LogP contribution is -2.22. The Bertz CT molecular complexity index is 393. The standard InChI is InChI=1S/C16H27N3/c1-12(2)15-11-13(3)17-16(19-15)18-14-9-7-5-4-6-8-10-14/h11-12,14H,4-10H2,1-3H3,(H,17,18,19). The number of nitrogens with zero attached hydrogens (tertiary/aromatic N) is 2. The van der Waals surface area contributed by atoms with Crippen LogP contribution in [0.1, 0.15) is 76.1 Å². The van der Waals surface area contributed by atoms with Gasteiger partial charge in [-0.3, -0.25) is 0 Å². The number of hydrogen-bond acceptors (Lipinski definition) is 3. The molecule has 0 radical (unpaired) electrons. The molecule has 106 valence electrons. The summed E-state index contributed by atoms with van der Waals surface area (Å²) in [6.07, 6.45) is 9.35. The molecule has 1 saturated carbocycles. The van der Waals surface area contributed by atoms with Gasteiger partial charge in [0.1, 0.15) is 0 Å². The maximum atomic E-state index is 4.66. The van der Waals surface area contributed by atoms with Gasteiger partial charge in [-0.2, -0.15) is 0 Å². The number of aryl methyl sites for hydroxylation is 1. The van der Waals surface area contributed by atoms with Gasteiger partial charge in [-0.05, 0) is 31.7 Å². The summed E-state index contributed by atoms with van der Waals surface area (Å²) in [7, 11) is 0. The molecule has 1 aromatic heterocycles. The van der Waals surface area contributed by atoms with E-state index in [0.717, 1.165) is 17.3 Å². The van der Waals surface area contributed by atoms with E-state index in [1.54, 1.807) is 0 Å². The average Bonchev–Trinajstić information content (AvgIpc) is 2.31. The van der Waals surface area contributed by atoms with Crippen molar-refractivity contribution in [1.29, 1.82) is 0 Å². The molecule has 1 heterocycles. The molecule has 1 fully saturated rings. The van der Waals surface area contributed by atoms with E-state index in [2.05, 4.69) is 42.1 Å². The predicted molar refractivity (Wildman–Crippen MR) is 80.6 cm³/mol. The van der Waals surface area contributed by atoms with E-state index in [4.69, 9.17) is 0 Å². The molecular formula is C16H27N3. The third kappa shape index (κ3) is 4.48. The molecule has 0 unspecified atom stereocenters. The lowest BCUT2D eigenvalue weighted by atomic mass is 9.97. The van der Waals surface area contributed by atoms with Crippen LogP contribution in [0.15, 0.2) is 6.07 Å². The minimum Gasteiger partial charge on any atom is -0.351 e. The van der Waals surface area contributed by atoms with Crippen LogP contribution in [-0.2, 0) is 0 Å². The monoisotopic (exact) mass is 261 g/mol. The summed E-state index contributed by atoms with van der Waals surface area (Å²) in [6.45, 7) is 6.42. The van der Waals surface area contributed by atoms with Crippen molar-refractivity contribution in [2.45, 2.75) is 77.7 Å². The Hall–Kier alpha value is -1.12. The van der Waals surface area contributed by atoms with Crippen LogP contribution in [0.3, 0.4) is 0 Å². The second kappa shape index (κ2) is 6.88. The SMILES string of the molecule is Cc1cc(C(C)C)nc(NC2CCCCCCC2)n1. The van der Waals surface area contributed by atoms with Crippen LogP contribution >= 0.6 is 0 Å². The van der Waals surface area contributed by atoms with Gasteiger partial charge in [0.2, 0.25) is 5.95 Å². The third-order valence-corrected chi connectivity index (χ3v) is 3.90. The minimum absolute atomic E-state index is 0.458. The highest BCUT2D eigenvalue weighted by Crippen LogP contribution is 2.20.